The van der Waals surface area contributed by atoms with Crippen LogP contribution in [-0.2, 0) is 0 Å². The SMILES string of the molecule is CCC(N)(CC)CNC(C)(C)C. The normalized spacial score (nSPS) is 13.5. The van der Waals surface area contributed by atoms with Crippen molar-refractivity contribution in [2.75, 3.05) is 6.54 Å². The Hall–Kier alpha value is -0.0800. The van der Waals surface area contributed by atoms with Crippen molar-refractivity contribution in [2.24, 2.45) is 5.73 Å². The summed E-state index contributed by atoms with van der Waals surface area (Å²) in [7, 11) is 0. The van der Waals surface area contributed by atoms with E-state index >= 15 is 0 Å². The summed E-state index contributed by atoms with van der Waals surface area (Å²) in [5.41, 5.74) is 6.30. The second-order valence-corrected chi connectivity index (χ2v) is 4.67. The van der Waals surface area contributed by atoms with Gasteiger partial charge in [-0.2, -0.15) is 0 Å². The fourth-order valence-electron chi connectivity index (χ4n) is 0.941. The van der Waals surface area contributed by atoms with Crippen molar-refractivity contribution in [2.45, 2.75) is 58.5 Å². The third-order valence-electron chi connectivity index (χ3n) is 2.38. The fraction of sp³-hybridized carbons (Fsp3) is 1.00. The van der Waals surface area contributed by atoms with E-state index in [2.05, 4.69) is 39.9 Å². The lowest BCUT2D eigenvalue weighted by Gasteiger charge is -2.31. The van der Waals surface area contributed by atoms with Gasteiger partial charge in [0.15, 0.2) is 0 Å². The molecule has 0 aliphatic carbocycles. The molecule has 0 saturated carbocycles. The van der Waals surface area contributed by atoms with Gasteiger partial charge in [-0.3, -0.25) is 0 Å². The monoisotopic (exact) mass is 172 g/mol. The van der Waals surface area contributed by atoms with Crippen molar-refractivity contribution in [3.05, 3.63) is 0 Å². The Kier molecular flexibility index (Phi) is 4.21. The maximum atomic E-state index is 6.14. The zero-order chi connectivity index (χ0) is 9.83. The molecule has 0 atom stereocenters. The summed E-state index contributed by atoms with van der Waals surface area (Å²) in [6.45, 7) is 11.7. The number of nitrogens with two attached hydrogens (primary N) is 1. The molecule has 0 fully saturated rings. The van der Waals surface area contributed by atoms with Crippen LogP contribution < -0.4 is 11.1 Å². The number of hydrogen-bond acceptors (Lipinski definition) is 2. The Bertz CT molecular complexity index is 120. The van der Waals surface area contributed by atoms with Crippen LogP contribution in [0.2, 0.25) is 0 Å². The Balaban J connectivity index is 3.89. The highest BCUT2D eigenvalue weighted by molar-refractivity contribution is 4.86. The Morgan fingerprint density at radius 3 is 1.75 bits per heavy atom. The number of rotatable bonds is 4. The zero-order valence-electron chi connectivity index (χ0n) is 9.20. The van der Waals surface area contributed by atoms with Crippen molar-refractivity contribution < 1.29 is 0 Å². The zero-order valence-corrected chi connectivity index (χ0v) is 9.20. The lowest BCUT2D eigenvalue weighted by Crippen LogP contribution is -2.52. The summed E-state index contributed by atoms with van der Waals surface area (Å²) in [5.74, 6) is 0. The van der Waals surface area contributed by atoms with Crippen molar-refractivity contribution in [3.8, 4) is 0 Å². The minimum absolute atomic E-state index is 0.0206. The van der Waals surface area contributed by atoms with Crippen LogP contribution >= 0.6 is 0 Å². The van der Waals surface area contributed by atoms with E-state index < -0.39 is 0 Å². The predicted octanol–water partition coefficient (Wildman–Crippen LogP) is 1.89. The van der Waals surface area contributed by atoms with Gasteiger partial charge in [0.2, 0.25) is 0 Å². The third kappa shape index (κ3) is 4.73. The van der Waals surface area contributed by atoms with E-state index in [4.69, 9.17) is 5.73 Å². The molecule has 0 aromatic rings. The van der Waals surface area contributed by atoms with Gasteiger partial charge in [0.1, 0.15) is 0 Å². The molecule has 0 unspecified atom stereocenters. The molecule has 0 radical (unpaired) electrons. The largest absolute Gasteiger partial charge is 0.324 e. The first-order valence-corrected chi connectivity index (χ1v) is 4.87. The molecule has 0 bridgehead atoms. The minimum atomic E-state index is -0.0206. The first-order valence-electron chi connectivity index (χ1n) is 4.87. The van der Waals surface area contributed by atoms with Gasteiger partial charge in [-0.1, -0.05) is 13.8 Å². The van der Waals surface area contributed by atoms with E-state index in [9.17, 15) is 0 Å². The molecule has 12 heavy (non-hydrogen) atoms. The van der Waals surface area contributed by atoms with Crippen LogP contribution in [0.15, 0.2) is 0 Å². The topological polar surface area (TPSA) is 38.0 Å². The van der Waals surface area contributed by atoms with Crippen molar-refractivity contribution >= 4 is 0 Å². The third-order valence-corrected chi connectivity index (χ3v) is 2.38. The van der Waals surface area contributed by atoms with Crippen LogP contribution in [0.5, 0.6) is 0 Å². The first-order chi connectivity index (χ1) is 5.33. The molecule has 74 valence electrons. The molecule has 0 rings (SSSR count). The Morgan fingerprint density at radius 1 is 1.08 bits per heavy atom. The fourth-order valence-corrected chi connectivity index (χ4v) is 0.941. The summed E-state index contributed by atoms with van der Waals surface area (Å²) in [5, 5.41) is 3.44. The first kappa shape index (κ1) is 11.9. The molecule has 2 nitrogen and oxygen atoms in total. The van der Waals surface area contributed by atoms with Crippen LogP contribution in [0, 0.1) is 0 Å². The molecule has 0 saturated heterocycles. The van der Waals surface area contributed by atoms with Crippen LogP contribution in [0.4, 0.5) is 0 Å². The molecule has 0 aliphatic rings. The maximum absolute atomic E-state index is 6.14. The summed E-state index contributed by atoms with van der Waals surface area (Å²) < 4.78 is 0. The minimum Gasteiger partial charge on any atom is -0.324 e. The van der Waals surface area contributed by atoms with E-state index in [1.807, 2.05) is 0 Å². The van der Waals surface area contributed by atoms with Crippen LogP contribution in [0.3, 0.4) is 0 Å². The molecule has 0 aromatic heterocycles. The molecule has 0 spiro atoms. The van der Waals surface area contributed by atoms with Gasteiger partial charge >= 0.3 is 0 Å². The second-order valence-electron chi connectivity index (χ2n) is 4.67. The number of nitrogens with one attached hydrogen (secondary N) is 1. The van der Waals surface area contributed by atoms with Gasteiger partial charge < -0.3 is 11.1 Å². The average Bonchev–Trinajstić information content (AvgIpc) is 1.99. The summed E-state index contributed by atoms with van der Waals surface area (Å²) in [6, 6.07) is 0. The molecular formula is C10H24N2. The van der Waals surface area contributed by atoms with Crippen LogP contribution in [0.25, 0.3) is 0 Å². The summed E-state index contributed by atoms with van der Waals surface area (Å²) in [4.78, 5) is 0. The highest BCUT2D eigenvalue weighted by Gasteiger charge is 2.22. The summed E-state index contributed by atoms with van der Waals surface area (Å²) >= 11 is 0. The van der Waals surface area contributed by atoms with Crippen molar-refractivity contribution in [1.82, 2.24) is 5.32 Å². The molecule has 3 N–H and O–H groups in total. The van der Waals surface area contributed by atoms with Gasteiger partial charge in [0.05, 0.1) is 0 Å². The highest BCUT2D eigenvalue weighted by Crippen LogP contribution is 2.11. The number of hydrogen-bond donors (Lipinski definition) is 2. The van der Waals surface area contributed by atoms with Crippen molar-refractivity contribution in [1.29, 1.82) is 0 Å². The lowest BCUT2D eigenvalue weighted by atomic mass is 9.93. The van der Waals surface area contributed by atoms with Crippen molar-refractivity contribution in [3.63, 3.8) is 0 Å². The standard InChI is InChI=1S/C10H24N2/c1-6-10(11,7-2)8-12-9(3,4)5/h12H,6-8,11H2,1-5H3. The van der Waals surface area contributed by atoms with E-state index in [-0.39, 0.29) is 11.1 Å². The molecule has 0 aliphatic heterocycles. The van der Waals surface area contributed by atoms with E-state index in [1.165, 1.54) is 0 Å². The molecule has 0 amide bonds. The Labute approximate surface area is 76.9 Å². The van der Waals surface area contributed by atoms with Gasteiger partial charge in [0, 0.05) is 17.6 Å². The second kappa shape index (κ2) is 4.24. The molecular weight excluding hydrogens is 148 g/mol. The molecule has 0 heterocycles. The van der Waals surface area contributed by atoms with Gasteiger partial charge in [-0.15, -0.1) is 0 Å². The van der Waals surface area contributed by atoms with E-state index in [0.29, 0.717) is 0 Å². The predicted molar refractivity (Wildman–Crippen MR) is 55.3 cm³/mol. The smallest absolute Gasteiger partial charge is 0.0275 e. The lowest BCUT2D eigenvalue weighted by molar-refractivity contribution is 0.315. The Morgan fingerprint density at radius 2 is 1.50 bits per heavy atom. The highest BCUT2D eigenvalue weighted by atomic mass is 15.0. The quantitative estimate of drug-likeness (QED) is 0.679. The maximum Gasteiger partial charge on any atom is 0.0275 e. The van der Waals surface area contributed by atoms with E-state index in [0.717, 1.165) is 19.4 Å². The molecule has 2 heteroatoms. The van der Waals surface area contributed by atoms with Crippen LogP contribution in [-0.4, -0.2) is 17.6 Å². The average molecular weight is 172 g/mol. The van der Waals surface area contributed by atoms with Crippen LogP contribution in [0.1, 0.15) is 47.5 Å². The summed E-state index contributed by atoms with van der Waals surface area (Å²) in [6.07, 6.45) is 2.07. The van der Waals surface area contributed by atoms with E-state index in [1.54, 1.807) is 0 Å². The molecule has 0 aromatic carbocycles. The van der Waals surface area contributed by atoms with Gasteiger partial charge in [0.25, 0.3) is 0 Å². The van der Waals surface area contributed by atoms with Gasteiger partial charge in [-0.05, 0) is 33.6 Å². The van der Waals surface area contributed by atoms with Gasteiger partial charge in [-0.25, -0.2) is 0 Å².